The predicted octanol–water partition coefficient (Wildman–Crippen LogP) is 4.79. The van der Waals surface area contributed by atoms with Gasteiger partial charge in [-0.3, -0.25) is 0 Å². The van der Waals surface area contributed by atoms with Crippen molar-refractivity contribution in [3.8, 4) is 11.1 Å². The van der Waals surface area contributed by atoms with Gasteiger partial charge in [0.25, 0.3) is 0 Å². The minimum absolute atomic E-state index is 0. The molecular weight excluding hydrogens is 884 g/mol. The number of hydrogen-bond acceptors (Lipinski definition) is 0. The monoisotopic (exact) mass is 908 g/mol. The molecule has 1 aliphatic carbocycles. The zero-order valence-electron chi connectivity index (χ0n) is 23.6. The van der Waals surface area contributed by atoms with E-state index in [4.69, 9.17) is 0 Å². The molecule has 44 heavy (non-hydrogen) atoms. The average Bonchev–Trinajstić information content (AvgIpc) is 3.75. The Morgan fingerprint density at radius 1 is 0.614 bits per heavy atom. The van der Waals surface area contributed by atoms with Crippen LogP contribution in [0.3, 0.4) is 0 Å². The smallest absolute Gasteiger partial charge is 0.0240 e. The summed E-state index contributed by atoms with van der Waals surface area (Å²) in [6, 6.07) is 54.8. The molecule has 7 aromatic rings. The van der Waals surface area contributed by atoms with Crippen molar-refractivity contribution in [2.24, 2.45) is 0 Å². The number of hydrogen-bond donors (Lipinski definition) is 0. The molecule has 0 radical (unpaired) electrons. The SMILES string of the molecule is [Cl-].[Cl-].[Zr+2]=[C](c1ccc(I)cc1)c1ccc(I)cc1.[c-]1cccc2c1c1c(c3ccccc32)-c2ccccc2C1.c1cc[cH-]c1. The topological polar surface area (TPSA) is 0 Å². The maximum Gasteiger partial charge on any atom is -0.0240 e. The van der Waals surface area contributed by atoms with Gasteiger partial charge in [-0.1, -0.05) is 53.9 Å². The van der Waals surface area contributed by atoms with Crippen molar-refractivity contribution in [3.05, 3.63) is 181 Å². The molecule has 0 amide bonds. The maximum atomic E-state index is 3.48. The van der Waals surface area contributed by atoms with Crippen LogP contribution < -0.4 is 24.8 Å². The second-order valence-corrected chi connectivity index (χ2v) is 13.8. The van der Waals surface area contributed by atoms with Gasteiger partial charge in [0.2, 0.25) is 0 Å². The summed E-state index contributed by atoms with van der Waals surface area (Å²) in [7, 11) is 0. The molecule has 0 saturated carbocycles. The first-order chi connectivity index (χ1) is 20.6. The standard InChI is InChI=1S/C21H13.C13H8I2.C5H5.2ClH.Zr/c1-2-8-15-14(7-1)13-20-18-11-4-3-9-16(18)17-10-5-6-12-19(17)21(15)20;14-12-5-1-10(2-6-12)9-11-3-7-13(15)8-4-11;1-2-4-5-3-1;;;/h1-10,12H,13H2;1-8H;1-5H;2*1H;/q-1;;-1;;;+2/p-2. The largest absolute Gasteiger partial charge is 0.214 e. The van der Waals surface area contributed by atoms with Crippen molar-refractivity contribution in [2.75, 3.05) is 0 Å². The molecule has 7 aromatic carbocycles. The molecule has 0 bridgehead atoms. The van der Waals surface area contributed by atoms with Crippen molar-refractivity contribution in [3.63, 3.8) is 0 Å². The van der Waals surface area contributed by atoms with E-state index in [1.807, 2.05) is 36.4 Å². The van der Waals surface area contributed by atoms with Gasteiger partial charge in [-0.15, -0.1) is 40.6 Å². The zero-order valence-corrected chi connectivity index (χ0v) is 31.9. The van der Waals surface area contributed by atoms with Gasteiger partial charge in [-0.05, 0) is 28.5 Å². The van der Waals surface area contributed by atoms with Gasteiger partial charge in [-0.2, -0.15) is 18.2 Å². The Labute approximate surface area is 314 Å². The number of halogens is 4. The van der Waals surface area contributed by atoms with Crippen LogP contribution in [0.15, 0.2) is 146 Å². The van der Waals surface area contributed by atoms with E-state index in [1.165, 1.54) is 89.5 Å². The van der Waals surface area contributed by atoms with Gasteiger partial charge < -0.3 is 24.8 Å². The maximum absolute atomic E-state index is 3.48. The molecule has 0 aliphatic heterocycles. The molecule has 0 spiro atoms. The van der Waals surface area contributed by atoms with Gasteiger partial charge in [0.1, 0.15) is 0 Å². The number of benzene rings is 6. The van der Waals surface area contributed by atoms with E-state index in [1.54, 1.807) is 0 Å². The van der Waals surface area contributed by atoms with Crippen LogP contribution >= 0.6 is 45.2 Å². The summed E-state index contributed by atoms with van der Waals surface area (Å²) < 4.78 is 3.99. The molecule has 0 unspecified atom stereocenters. The Balaban J connectivity index is 0.000000171. The quantitative estimate of drug-likeness (QED) is 0.133. The second-order valence-electron chi connectivity index (χ2n) is 10.0. The molecular formula is C39H26Cl2I2Zr-2. The summed E-state index contributed by atoms with van der Waals surface area (Å²) in [6.45, 7) is 0. The number of rotatable bonds is 2. The van der Waals surface area contributed by atoms with Gasteiger partial charge in [0.05, 0.1) is 0 Å². The van der Waals surface area contributed by atoms with Crippen molar-refractivity contribution in [1.29, 1.82) is 0 Å². The molecule has 0 N–H and O–H groups in total. The number of fused-ring (bicyclic) bond motifs is 8. The van der Waals surface area contributed by atoms with Crippen LogP contribution in [-0.4, -0.2) is 3.21 Å². The van der Waals surface area contributed by atoms with E-state index in [2.05, 4.69) is 160 Å². The third kappa shape index (κ3) is 7.85. The van der Waals surface area contributed by atoms with E-state index in [9.17, 15) is 0 Å². The molecule has 0 heterocycles. The van der Waals surface area contributed by atoms with E-state index < -0.39 is 0 Å². The molecule has 0 nitrogen and oxygen atoms in total. The summed E-state index contributed by atoms with van der Waals surface area (Å²) in [5.41, 5.74) is 8.34. The molecule has 0 aromatic heterocycles. The Kier molecular flexibility index (Phi) is 13.1. The van der Waals surface area contributed by atoms with Crippen LogP contribution in [0.1, 0.15) is 22.3 Å². The van der Waals surface area contributed by atoms with Crippen molar-refractivity contribution < 1.29 is 49.0 Å². The normalized spacial score (nSPS) is 10.6. The van der Waals surface area contributed by atoms with Gasteiger partial charge in [-0.25, -0.2) is 12.1 Å². The third-order valence-electron chi connectivity index (χ3n) is 7.42. The first-order valence-electron chi connectivity index (χ1n) is 13.8. The fourth-order valence-corrected chi connectivity index (χ4v) is 6.99. The first kappa shape index (κ1) is 34.8. The molecule has 5 heteroatoms. The van der Waals surface area contributed by atoms with Gasteiger partial charge >= 0.3 is 139 Å². The first-order valence-corrected chi connectivity index (χ1v) is 17.2. The van der Waals surface area contributed by atoms with Crippen molar-refractivity contribution in [2.45, 2.75) is 6.42 Å². The minimum Gasteiger partial charge on any atom is -0.214 e. The summed E-state index contributed by atoms with van der Waals surface area (Å²) in [6.07, 6.45) is 1.02. The Morgan fingerprint density at radius 2 is 1.16 bits per heavy atom. The molecule has 1 aliphatic rings. The average molecular weight is 911 g/mol. The van der Waals surface area contributed by atoms with Crippen LogP contribution in [-0.2, 0) is 30.7 Å². The molecule has 0 atom stereocenters. The fourth-order valence-electron chi connectivity index (χ4n) is 5.45. The Morgan fingerprint density at radius 3 is 1.75 bits per heavy atom. The van der Waals surface area contributed by atoms with E-state index in [0.717, 1.165) is 6.42 Å². The fraction of sp³-hybridized carbons (Fsp3) is 0.0256. The van der Waals surface area contributed by atoms with Crippen LogP contribution in [0.25, 0.3) is 32.7 Å². The third-order valence-corrected chi connectivity index (χ3v) is 10.3. The van der Waals surface area contributed by atoms with E-state index >= 15 is 0 Å². The molecule has 0 fully saturated rings. The van der Waals surface area contributed by atoms with Crippen LogP contribution in [0, 0.1) is 13.2 Å². The second kappa shape index (κ2) is 16.5. The van der Waals surface area contributed by atoms with Crippen molar-refractivity contribution in [1.82, 2.24) is 0 Å². The van der Waals surface area contributed by atoms with Gasteiger partial charge in [0.15, 0.2) is 0 Å². The summed E-state index contributed by atoms with van der Waals surface area (Å²) in [5.74, 6) is 0. The van der Waals surface area contributed by atoms with Gasteiger partial charge in [0, 0.05) is 0 Å². The summed E-state index contributed by atoms with van der Waals surface area (Å²) in [4.78, 5) is 0. The van der Waals surface area contributed by atoms with E-state index in [-0.39, 0.29) is 24.8 Å². The predicted molar refractivity (Wildman–Crippen MR) is 192 cm³/mol. The van der Waals surface area contributed by atoms with Crippen molar-refractivity contribution >= 4 is 69.9 Å². The van der Waals surface area contributed by atoms with Crippen LogP contribution in [0.4, 0.5) is 0 Å². The van der Waals surface area contributed by atoms with Crippen LogP contribution in [0.5, 0.6) is 0 Å². The zero-order chi connectivity index (χ0) is 28.9. The molecule has 0 saturated heterocycles. The summed E-state index contributed by atoms with van der Waals surface area (Å²) >= 11 is 6.13. The molecule has 8 rings (SSSR count). The minimum atomic E-state index is 0. The molecule has 216 valence electrons. The van der Waals surface area contributed by atoms with Crippen LogP contribution in [0.2, 0.25) is 0 Å². The Hall–Kier alpha value is -2.02. The summed E-state index contributed by atoms with van der Waals surface area (Å²) in [5, 5.41) is 5.30. The Bertz CT molecular complexity index is 1920. The van der Waals surface area contributed by atoms with E-state index in [0.29, 0.717) is 0 Å².